The van der Waals surface area contributed by atoms with Gasteiger partial charge in [-0.15, -0.1) is 0 Å². The second-order valence-electron chi connectivity index (χ2n) is 4.81. The van der Waals surface area contributed by atoms with Crippen LogP contribution in [0.5, 0.6) is 0 Å². The van der Waals surface area contributed by atoms with Crippen molar-refractivity contribution in [1.82, 2.24) is 30.2 Å². The summed E-state index contributed by atoms with van der Waals surface area (Å²) in [5, 5.41) is 21.8. The van der Waals surface area contributed by atoms with Crippen molar-refractivity contribution < 1.29 is 4.79 Å². The van der Waals surface area contributed by atoms with Crippen LogP contribution in [-0.4, -0.2) is 36.1 Å². The molecule has 0 aliphatic rings. The average Bonchev–Trinajstić information content (AvgIpc) is 3.10. The van der Waals surface area contributed by atoms with E-state index < -0.39 is 0 Å². The number of carbonyl (C=O) groups excluding carboxylic acids is 1. The maximum Gasteiger partial charge on any atom is 0.259 e. The van der Waals surface area contributed by atoms with Crippen LogP contribution in [0.1, 0.15) is 16.1 Å². The number of hydrogen-bond acceptors (Lipinski definition) is 5. The van der Waals surface area contributed by atoms with Gasteiger partial charge in [0.1, 0.15) is 16.6 Å². The quantitative estimate of drug-likeness (QED) is 0.584. The highest BCUT2D eigenvalue weighted by Gasteiger charge is 2.18. The van der Waals surface area contributed by atoms with Crippen LogP contribution in [0.25, 0.3) is 16.6 Å². The van der Waals surface area contributed by atoms with E-state index in [-0.39, 0.29) is 5.91 Å². The minimum atomic E-state index is -0.254. The van der Waals surface area contributed by atoms with E-state index in [1.54, 1.807) is 31.3 Å². The normalized spacial score (nSPS) is 11.1. The number of aryl methyl sites for hydroxylation is 1. The average molecular weight is 293 g/mol. The summed E-state index contributed by atoms with van der Waals surface area (Å²) in [4.78, 5) is 12.6. The van der Waals surface area contributed by atoms with Crippen LogP contribution in [0, 0.1) is 6.92 Å². The summed E-state index contributed by atoms with van der Waals surface area (Å²) in [7, 11) is 0. The van der Waals surface area contributed by atoms with E-state index in [9.17, 15) is 4.79 Å². The molecule has 108 valence electrons. The van der Waals surface area contributed by atoms with E-state index >= 15 is 0 Å². The van der Waals surface area contributed by atoms with Gasteiger partial charge >= 0.3 is 0 Å². The molecule has 3 aromatic heterocycles. The Kier molecular flexibility index (Phi) is 2.62. The van der Waals surface area contributed by atoms with Crippen molar-refractivity contribution in [1.29, 1.82) is 0 Å². The Morgan fingerprint density at radius 1 is 1.23 bits per heavy atom. The number of nitrogens with one attached hydrogen (secondary N) is 2. The number of nitrogens with zero attached hydrogens (tertiary/aromatic N) is 5. The number of aromatic nitrogens is 6. The Balaban J connectivity index is 1.78. The zero-order chi connectivity index (χ0) is 15.1. The van der Waals surface area contributed by atoms with Gasteiger partial charge in [-0.1, -0.05) is 6.07 Å². The van der Waals surface area contributed by atoms with E-state index in [4.69, 9.17) is 0 Å². The summed E-state index contributed by atoms with van der Waals surface area (Å²) >= 11 is 0. The van der Waals surface area contributed by atoms with E-state index in [1.807, 2.05) is 12.1 Å². The van der Waals surface area contributed by atoms with Crippen molar-refractivity contribution in [2.24, 2.45) is 0 Å². The maximum atomic E-state index is 12.6. The fourth-order valence-electron chi connectivity index (χ4n) is 2.44. The fourth-order valence-corrected chi connectivity index (χ4v) is 2.44. The SMILES string of the molecule is Cc1nn2ncccc2c1C(=O)Nc1cccc2n[nH]nc12. The third-order valence-corrected chi connectivity index (χ3v) is 3.42. The summed E-state index contributed by atoms with van der Waals surface area (Å²) in [5.74, 6) is -0.254. The first-order valence-electron chi connectivity index (χ1n) is 6.65. The molecular weight excluding hydrogens is 282 g/mol. The van der Waals surface area contributed by atoms with Crippen molar-refractivity contribution in [3.8, 4) is 0 Å². The predicted molar refractivity (Wildman–Crippen MR) is 79.6 cm³/mol. The van der Waals surface area contributed by atoms with Gasteiger partial charge in [0.15, 0.2) is 0 Å². The number of aromatic amines is 1. The minimum Gasteiger partial charge on any atom is -0.320 e. The number of benzene rings is 1. The number of para-hydroxylation sites is 1. The van der Waals surface area contributed by atoms with Gasteiger partial charge < -0.3 is 5.32 Å². The molecule has 22 heavy (non-hydrogen) atoms. The number of H-pyrrole nitrogens is 1. The van der Waals surface area contributed by atoms with Crippen LogP contribution in [-0.2, 0) is 0 Å². The molecule has 0 bridgehead atoms. The molecule has 3 heterocycles. The lowest BCUT2D eigenvalue weighted by Crippen LogP contribution is -2.13. The van der Waals surface area contributed by atoms with Gasteiger partial charge in [-0.25, -0.2) is 0 Å². The van der Waals surface area contributed by atoms with Gasteiger partial charge in [-0.3, -0.25) is 4.79 Å². The Morgan fingerprint density at radius 3 is 3.05 bits per heavy atom. The van der Waals surface area contributed by atoms with Crippen molar-refractivity contribution >= 4 is 28.1 Å². The van der Waals surface area contributed by atoms with Crippen LogP contribution >= 0.6 is 0 Å². The monoisotopic (exact) mass is 293 g/mol. The molecule has 0 aliphatic heterocycles. The smallest absolute Gasteiger partial charge is 0.259 e. The van der Waals surface area contributed by atoms with Gasteiger partial charge in [0.05, 0.1) is 16.9 Å². The second-order valence-corrected chi connectivity index (χ2v) is 4.81. The van der Waals surface area contributed by atoms with Crippen LogP contribution in [0.2, 0.25) is 0 Å². The summed E-state index contributed by atoms with van der Waals surface area (Å²) in [6.07, 6.45) is 1.62. The van der Waals surface area contributed by atoms with Gasteiger partial charge in [0.2, 0.25) is 0 Å². The van der Waals surface area contributed by atoms with Crippen LogP contribution in [0.3, 0.4) is 0 Å². The van der Waals surface area contributed by atoms with Gasteiger partial charge in [0.25, 0.3) is 5.91 Å². The third kappa shape index (κ3) is 1.81. The second kappa shape index (κ2) is 4.62. The molecule has 2 N–H and O–H groups in total. The number of anilines is 1. The third-order valence-electron chi connectivity index (χ3n) is 3.42. The van der Waals surface area contributed by atoms with Crippen molar-refractivity contribution in [3.63, 3.8) is 0 Å². The summed E-state index contributed by atoms with van der Waals surface area (Å²) in [5.41, 5.74) is 3.67. The molecule has 8 heteroatoms. The predicted octanol–water partition coefficient (Wildman–Crippen LogP) is 1.56. The lowest BCUT2D eigenvalue weighted by Gasteiger charge is -2.05. The zero-order valence-corrected chi connectivity index (χ0v) is 11.6. The first-order chi connectivity index (χ1) is 10.7. The number of carbonyl (C=O) groups is 1. The molecule has 0 spiro atoms. The van der Waals surface area contributed by atoms with E-state index in [2.05, 4.69) is 30.9 Å². The molecule has 0 radical (unpaired) electrons. The molecular formula is C14H11N7O. The number of fused-ring (bicyclic) bond motifs is 2. The Morgan fingerprint density at radius 2 is 2.14 bits per heavy atom. The van der Waals surface area contributed by atoms with E-state index in [1.165, 1.54) is 4.63 Å². The fraction of sp³-hybridized carbons (Fsp3) is 0.0714. The largest absolute Gasteiger partial charge is 0.320 e. The molecule has 0 saturated carbocycles. The highest BCUT2D eigenvalue weighted by atomic mass is 16.1. The van der Waals surface area contributed by atoms with E-state index in [0.717, 1.165) is 0 Å². The number of rotatable bonds is 2. The molecule has 0 aliphatic carbocycles. The Labute approximate surface area is 124 Å². The lowest BCUT2D eigenvalue weighted by molar-refractivity contribution is 0.102. The number of amides is 1. The first kappa shape index (κ1) is 12.5. The number of hydrogen-bond donors (Lipinski definition) is 2. The van der Waals surface area contributed by atoms with Gasteiger partial charge in [-0.2, -0.15) is 30.2 Å². The molecule has 1 aromatic carbocycles. The highest BCUT2D eigenvalue weighted by molar-refractivity contribution is 6.12. The Bertz CT molecular complexity index is 1000. The maximum absolute atomic E-state index is 12.6. The molecule has 0 atom stereocenters. The first-order valence-corrected chi connectivity index (χ1v) is 6.65. The van der Waals surface area contributed by atoms with Crippen molar-refractivity contribution in [2.75, 3.05) is 5.32 Å². The molecule has 0 fully saturated rings. The lowest BCUT2D eigenvalue weighted by atomic mass is 10.2. The van der Waals surface area contributed by atoms with Crippen molar-refractivity contribution in [3.05, 3.63) is 47.8 Å². The molecule has 0 saturated heterocycles. The van der Waals surface area contributed by atoms with Gasteiger partial charge in [0, 0.05) is 6.20 Å². The zero-order valence-electron chi connectivity index (χ0n) is 11.6. The van der Waals surface area contributed by atoms with Crippen LogP contribution in [0.15, 0.2) is 36.5 Å². The van der Waals surface area contributed by atoms with Crippen LogP contribution < -0.4 is 5.32 Å². The van der Waals surface area contributed by atoms with E-state index in [0.29, 0.717) is 33.5 Å². The molecule has 8 nitrogen and oxygen atoms in total. The summed E-state index contributed by atoms with van der Waals surface area (Å²) < 4.78 is 1.45. The van der Waals surface area contributed by atoms with Crippen LogP contribution in [0.4, 0.5) is 5.69 Å². The molecule has 4 rings (SSSR count). The van der Waals surface area contributed by atoms with Crippen molar-refractivity contribution in [2.45, 2.75) is 6.92 Å². The molecule has 4 aromatic rings. The summed E-state index contributed by atoms with van der Waals surface area (Å²) in [6.45, 7) is 1.78. The molecule has 0 unspecified atom stereocenters. The topological polar surface area (TPSA) is 101 Å². The standard InChI is InChI=1S/C14H11N7O/c1-8-12(11-6-3-7-15-21(11)19-8)14(22)16-9-4-2-5-10-13(9)18-20-17-10/h2-7H,1H3,(H,16,22)(H,17,18,20). The van der Waals surface area contributed by atoms with Gasteiger partial charge in [-0.05, 0) is 31.2 Å². The molecule has 1 amide bonds. The Hall–Kier alpha value is -3.29. The summed E-state index contributed by atoms with van der Waals surface area (Å²) in [6, 6.07) is 8.98. The minimum absolute atomic E-state index is 0.254. The highest BCUT2D eigenvalue weighted by Crippen LogP contribution is 2.21.